The van der Waals surface area contributed by atoms with Gasteiger partial charge < -0.3 is 9.64 Å². The maximum Gasteiger partial charge on any atom is 0.413 e. The largest absolute Gasteiger partial charge is 0.444 e. The first-order chi connectivity index (χ1) is 8.60. The molecular weight excluding hydrogens is 266 g/mol. The van der Waals surface area contributed by atoms with Gasteiger partial charge in [0.15, 0.2) is 5.13 Å². The molecular formula is C12H19N3O3S. The molecule has 0 saturated heterocycles. The number of anilines is 1. The fourth-order valence-corrected chi connectivity index (χ4v) is 2.22. The molecule has 1 rings (SSSR count). The lowest BCUT2D eigenvalue weighted by Crippen LogP contribution is -2.27. The van der Waals surface area contributed by atoms with E-state index < -0.39 is 11.7 Å². The molecule has 0 spiro atoms. The second-order valence-corrected chi connectivity index (χ2v) is 6.26. The third kappa shape index (κ3) is 4.51. The van der Waals surface area contributed by atoms with Crippen LogP contribution in [0.15, 0.2) is 0 Å². The van der Waals surface area contributed by atoms with E-state index in [4.69, 9.17) is 4.74 Å². The average molecular weight is 285 g/mol. The highest BCUT2D eigenvalue weighted by atomic mass is 32.1. The zero-order valence-corrected chi connectivity index (χ0v) is 12.8. The monoisotopic (exact) mass is 285 g/mol. The first-order valence-corrected chi connectivity index (χ1v) is 6.61. The Labute approximate surface area is 116 Å². The second-order valence-electron chi connectivity index (χ2n) is 5.26. The van der Waals surface area contributed by atoms with Gasteiger partial charge in [-0.2, -0.15) is 0 Å². The molecule has 106 valence electrons. The van der Waals surface area contributed by atoms with Crippen molar-refractivity contribution in [3.05, 3.63) is 10.6 Å². The Morgan fingerprint density at radius 1 is 1.32 bits per heavy atom. The Balaban J connectivity index is 2.79. The Bertz CT molecular complexity index is 489. The normalized spacial score (nSPS) is 11.1. The van der Waals surface area contributed by atoms with Crippen molar-refractivity contribution < 1.29 is 14.3 Å². The van der Waals surface area contributed by atoms with E-state index in [1.165, 1.54) is 4.90 Å². The van der Waals surface area contributed by atoms with E-state index in [-0.39, 0.29) is 5.91 Å². The van der Waals surface area contributed by atoms with E-state index in [0.29, 0.717) is 15.7 Å². The Kier molecular flexibility index (Phi) is 4.52. The van der Waals surface area contributed by atoms with Crippen LogP contribution in [0.25, 0.3) is 0 Å². The van der Waals surface area contributed by atoms with Crippen molar-refractivity contribution in [2.45, 2.75) is 33.3 Å². The molecule has 0 aliphatic heterocycles. The molecule has 0 aliphatic carbocycles. The highest BCUT2D eigenvalue weighted by Crippen LogP contribution is 2.24. The summed E-state index contributed by atoms with van der Waals surface area (Å²) in [6.07, 6.45) is -0.579. The second kappa shape index (κ2) is 5.56. The van der Waals surface area contributed by atoms with Gasteiger partial charge in [0, 0.05) is 14.1 Å². The molecule has 2 amide bonds. The van der Waals surface area contributed by atoms with Crippen LogP contribution in [0.5, 0.6) is 0 Å². The molecule has 0 aliphatic rings. The van der Waals surface area contributed by atoms with Gasteiger partial charge in [0.05, 0.1) is 5.69 Å². The molecule has 1 aromatic rings. The average Bonchev–Trinajstić information content (AvgIpc) is 2.54. The van der Waals surface area contributed by atoms with Crippen LogP contribution >= 0.6 is 11.3 Å². The molecule has 6 nitrogen and oxygen atoms in total. The predicted molar refractivity (Wildman–Crippen MR) is 74.7 cm³/mol. The lowest BCUT2D eigenvalue weighted by atomic mass is 10.2. The molecule has 0 saturated carbocycles. The number of carbonyl (C=O) groups excluding carboxylic acids is 2. The lowest BCUT2D eigenvalue weighted by molar-refractivity contribution is 0.0635. The molecule has 0 aromatic carbocycles. The number of ether oxygens (including phenoxy) is 1. The number of hydrogen-bond acceptors (Lipinski definition) is 5. The van der Waals surface area contributed by atoms with Gasteiger partial charge in [-0.25, -0.2) is 9.78 Å². The number of carbonyl (C=O) groups is 2. The summed E-state index contributed by atoms with van der Waals surface area (Å²) in [4.78, 5) is 29.6. The van der Waals surface area contributed by atoms with Crippen LogP contribution in [0.3, 0.4) is 0 Å². The van der Waals surface area contributed by atoms with Crippen LogP contribution in [0.4, 0.5) is 9.93 Å². The number of nitrogens with one attached hydrogen (secondary N) is 1. The third-order valence-corrected chi connectivity index (χ3v) is 3.07. The zero-order valence-electron chi connectivity index (χ0n) is 12.0. The summed E-state index contributed by atoms with van der Waals surface area (Å²) in [7, 11) is 3.34. The minimum absolute atomic E-state index is 0.132. The minimum Gasteiger partial charge on any atom is -0.444 e. The summed E-state index contributed by atoms with van der Waals surface area (Å²) in [6.45, 7) is 7.07. The Morgan fingerprint density at radius 3 is 2.37 bits per heavy atom. The summed E-state index contributed by atoms with van der Waals surface area (Å²) in [6, 6.07) is 0. The Morgan fingerprint density at radius 2 is 1.89 bits per heavy atom. The summed E-state index contributed by atoms with van der Waals surface area (Å²) in [5.74, 6) is -0.132. The number of hydrogen-bond donors (Lipinski definition) is 1. The molecule has 1 heterocycles. The molecule has 0 fully saturated rings. The van der Waals surface area contributed by atoms with Crippen molar-refractivity contribution in [3.63, 3.8) is 0 Å². The van der Waals surface area contributed by atoms with E-state index >= 15 is 0 Å². The maximum absolute atomic E-state index is 11.8. The number of rotatable bonds is 2. The smallest absolute Gasteiger partial charge is 0.413 e. The first kappa shape index (κ1) is 15.4. The van der Waals surface area contributed by atoms with Crippen LogP contribution in [-0.4, -0.2) is 41.6 Å². The van der Waals surface area contributed by atoms with E-state index in [1.54, 1.807) is 41.8 Å². The van der Waals surface area contributed by atoms with Crippen molar-refractivity contribution in [1.82, 2.24) is 9.88 Å². The molecule has 0 unspecified atom stereocenters. The SMILES string of the molecule is Cc1nc(NC(=O)OC(C)(C)C)sc1C(=O)N(C)C. The molecule has 0 atom stereocenters. The van der Waals surface area contributed by atoms with Crippen LogP contribution in [0, 0.1) is 6.92 Å². The lowest BCUT2D eigenvalue weighted by Gasteiger charge is -2.18. The number of nitrogens with zero attached hydrogens (tertiary/aromatic N) is 2. The number of amides is 2. The Hall–Kier alpha value is -1.63. The standard InChI is InChI=1S/C12H19N3O3S/c1-7-8(9(16)15(5)6)19-10(13-7)14-11(17)18-12(2,3)4/h1-6H3,(H,13,14,17). The molecule has 0 radical (unpaired) electrons. The molecule has 0 bridgehead atoms. The van der Waals surface area contributed by atoms with Crippen molar-refractivity contribution in [1.29, 1.82) is 0 Å². The van der Waals surface area contributed by atoms with E-state index in [2.05, 4.69) is 10.3 Å². The van der Waals surface area contributed by atoms with Crippen LogP contribution in [-0.2, 0) is 4.74 Å². The van der Waals surface area contributed by atoms with Gasteiger partial charge in [0.2, 0.25) is 0 Å². The van der Waals surface area contributed by atoms with Gasteiger partial charge in [-0.15, -0.1) is 0 Å². The number of thiazole rings is 1. The first-order valence-electron chi connectivity index (χ1n) is 5.79. The van der Waals surface area contributed by atoms with Gasteiger partial charge in [-0.05, 0) is 27.7 Å². The van der Waals surface area contributed by atoms with Gasteiger partial charge >= 0.3 is 6.09 Å². The predicted octanol–water partition coefficient (Wildman–Crippen LogP) is 2.50. The fraction of sp³-hybridized carbons (Fsp3) is 0.583. The van der Waals surface area contributed by atoms with Gasteiger partial charge in [-0.1, -0.05) is 11.3 Å². The van der Waals surface area contributed by atoms with E-state index in [0.717, 1.165) is 11.3 Å². The summed E-state index contributed by atoms with van der Waals surface area (Å²) >= 11 is 1.14. The molecule has 7 heteroatoms. The topological polar surface area (TPSA) is 71.5 Å². The third-order valence-electron chi connectivity index (χ3n) is 2.00. The van der Waals surface area contributed by atoms with Crippen molar-refractivity contribution in [2.75, 3.05) is 19.4 Å². The van der Waals surface area contributed by atoms with E-state index in [1.807, 2.05) is 0 Å². The van der Waals surface area contributed by atoms with Crippen molar-refractivity contribution in [2.24, 2.45) is 0 Å². The van der Waals surface area contributed by atoms with Gasteiger partial charge in [0.25, 0.3) is 5.91 Å². The summed E-state index contributed by atoms with van der Waals surface area (Å²) < 4.78 is 5.12. The summed E-state index contributed by atoms with van der Waals surface area (Å²) in [5.41, 5.74) is 0.0216. The van der Waals surface area contributed by atoms with E-state index in [9.17, 15) is 9.59 Å². The maximum atomic E-state index is 11.8. The fourth-order valence-electron chi connectivity index (χ4n) is 1.24. The van der Waals surface area contributed by atoms with Crippen LogP contribution < -0.4 is 5.32 Å². The number of aryl methyl sites for hydroxylation is 1. The van der Waals surface area contributed by atoms with Crippen LogP contribution in [0.2, 0.25) is 0 Å². The molecule has 19 heavy (non-hydrogen) atoms. The molecule has 1 aromatic heterocycles. The minimum atomic E-state index is -0.579. The van der Waals surface area contributed by atoms with Crippen LogP contribution in [0.1, 0.15) is 36.1 Å². The van der Waals surface area contributed by atoms with Gasteiger partial charge in [0.1, 0.15) is 10.5 Å². The van der Waals surface area contributed by atoms with Crippen molar-refractivity contribution in [3.8, 4) is 0 Å². The number of aromatic nitrogens is 1. The quantitative estimate of drug-likeness (QED) is 0.906. The summed E-state index contributed by atoms with van der Waals surface area (Å²) in [5, 5.41) is 2.89. The highest BCUT2D eigenvalue weighted by molar-refractivity contribution is 7.17. The van der Waals surface area contributed by atoms with Crippen molar-refractivity contribution >= 4 is 28.5 Å². The highest BCUT2D eigenvalue weighted by Gasteiger charge is 2.20. The molecule has 1 N–H and O–H groups in total. The zero-order chi connectivity index (χ0) is 14.8. The van der Waals surface area contributed by atoms with Gasteiger partial charge in [-0.3, -0.25) is 10.1 Å².